The molecule has 0 aliphatic rings. The molecule has 1 N–H and O–H groups in total. The molecule has 2 heterocycles. The van der Waals surface area contributed by atoms with Crippen LogP contribution in [0.4, 0.5) is 10.2 Å². The predicted molar refractivity (Wildman–Crippen MR) is 116 cm³/mol. The van der Waals surface area contributed by atoms with Crippen molar-refractivity contribution in [2.75, 3.05) is 11.9 Å². The zero-order valence-corrected chi connectivity index (χ0v) is 17.3. The number of nitrogens with one attached hydrogen (secondary N) is 1. The van der Waals surface area contributed by atoms with Crippen LogP contribution in [0.1, 0.15) is 5.56 Å². The van der Waals surface area contributed by atoms with E-state index in [-0.39, 0.29) is 12.4 Å². The Morgan fingerprint density at radius 2 is 1.90 bits per heavy atom. The molecule has 0 fully saturated rings. The highest BCUT2D eigenvalue weighted by molar-refractivity contribution is 6.35. The van der Waals surface area contributed by atoms with Gasteiger partial charge in [-0.2, -0.15) is 0 Å². The second kappa shape index (κ2) is 8.34. The molecule has 2 aromatic heterocycles. The molecule has 0 saturated heterocycles. The number of carbonyl (C=O) groups excluding carboxylic acids is 1. The third-order valence-corrected chi connectivity index (χ3v) is 4.94. The van der Waals surface area contributed by atoms with Gasteiger partial charge in [-0.25, -0.2) is 9.37 Å². The number of aryl methyl sites for hydroxylation is 1. The second-order valence-electron chi connectivity index (χ2n) is 6.66. The fourth-order valence-corrected chi connectivity index (χ4v) is 3.44. The normalized spacial score (nSPS) is 10.9. The van der Waals surface area contributed by atoms with Crippen molar-refractivity contribution in [3.05, 3.63) is 82.2 Å². The topological polar surface area (TPSA) is 55.6 Å². The smallest absolute Gasteiger partial charge is 0.263 e. The number of pyridine rings is 1. The van der Waals surface area contributed by atoms with Gasteiger partial charge in [0, 0.05) is 16.8 Å². The number of imidazole rings is 1. The van der Waals surface area contributed by atoms with Crippen LogP contribution in [0.15, 0.2) is 60.8 Å². The first-order valence-corrected chi connectivity index (χ1v) is 9.78. The van der Waals surface area contributed by atoms with E-state index < -0.39 is 5.91 Å². The first-order chi connectivity index (χ1) is 14.4. The lowest BCUT2D eigenvalue weighted by Gasteiger charge is -2.10. The van der Waals surface area contributed by atoms with E-state index in [9.17, 15) is 9.18 Å². The van der Waals surface area contributed by atoms with E-state index >= 15 is 0 Å². The lowest BCUT2D eigenvalue weighted by molar-refractivity contribution is -0.118. The quantitative estimate of drug-likeness (QED) is 0.425. The molecule has 152 valence electrons. The molecule has 0 bridgehead atoms. The average Bonchev–Trinajstić information content (AvgIpc) is 3.05. The van der Waals surface area contributed by atoms with Gasteiger partial charge in [-0.05, 0) is 67.1 Å². The maximum absolute atomic E-state index is 13.4. The first-order valence-electron chi connectivity index (χ1n) is 9.03. The van der Waals surface area contributed by atoms with Crippen molar-refractivity contribution in [3.63, 3.8) is 0 Å². The monoisotopic (exact) mass is 443 g/mol. The molecule has 8 heteroatoms. The van der Waals surface area contributed by atoms with Crippen LogP contribution in [-0.2, 0) is 4.79 Å². The summed E-state index contributed by atoms with van der Waals surface area (Å²) < 4.78 is 20.6. The fourth-order valence-electron chi connectivity index (χ4n) is 2.98. The van der Waals surface area contributed by atoms with E-state index in [1.807, 2.05) is 25.3 Å². The van der Waals surface area contributed by atoms with E-state index in [0.29, 0.717) is 38.5 Å². The highest BCUT2D eigenvalue weighted by Crippen LogP contribution is 2.30. The molecule has 0 aliphatic carbocycles. The number of rotatable bonds is 5. The molecule has 0 radical (unpaired) electrons. The summed E-state index contributed by atoms with van der Waals surface area (Å²) in [6.07, 6.45) is 1.82. The molecule has 0 spiro atoms. The number of hydrogen-bond acceptors (Lipinski definition) is 3. The zero-order chi connectivity index (χ0) is 21.3. The molecule has 4 rings (SSSR count). The van der Waals surface area contributed by atoms with Gasteiger partial charge in [-0.15, -0.1) is 0 Å². The summed E-state index contributed by atoms with van der Waals surface area (Å²) in [4.78, 5) is 17.2. The Kier molecular flexibility index (Phi) is 5.61. The summed E-state index contributed by atoms with van der Waals surface area (Å²) >= 11 is 12.0. The van der Waals surface area contributed by atoms with Crippen molar-refractivity contribution < 1.29 is 13.9 Å². The maximum Gasteiger partial charge on any atom is 0.263 e. The van der Waals surface area contributed by atoms with Crippen molar-refractivity contribution in [2.45, 2.75) is 6.92 Å². The summed E-state index contributed by atoms with van der Waals surface area (Å²) in [7, 11) is 0. The Morgan fingerprint density at radius 3 is 2.63 bits per heavy atom. The minimum atomic E-state index is -0.397. The lowest BCUT2D eigenvalue weighted by Crippen LogP contribution is -2.21. The zero-order valence-electron chi connectivity index (χ0n) is 15.8. The van der Waals surface area contributed by atoms with Gasteiger partial charge in [0.2, 0.25) is 0 Å². The summed E-state index contributed by atoms with van der Waals surface area (Å²) in [5.74, 6) is 0.0695. The SMILES string of the molecule is Cc1ccn2c(NC(=O)COc3ccc(Cl)cc3Cl)c(-c3ccc(F)cc3)nc2c1. The number of nitrogens with zero attached hydrogens (tertiary/aromatic N) is 2. The number of aromatic nitrogens is 2. The third-order valence-electron chi connectivity index (χ3n) is 4.41. The highest BCUT2D eigenvalue weighted by atomic mass is 35.5. The molecule has 1 amide bonds. The lowest BCUT2D eigenvalue weighted by atomic mass is 10.1. The largest absolute Gasteiger partial charge is 0.482 e. The average molecular weight is 444 g/mol. The molecular weight excluding hydrogens is 428 g/mol. The highest BCUT2D eigenvalue weighted by Gasteiger charge is 2.17. The van der Waals surface area contributed by atoms with Crippen molar-refractivity contribution in [2.24, 2.45) is 0 Å². The summed E-state index contributed by atoms with van der Waals surface area (Å²) in [6, 6.07) is 14.5. The summed E-state index contributed by atoms with van der Waals surface area (Å²) in [5.41, 5.74) is 2.89. The Bertz CT molecular complexity index is 1240. The Hall–Kier alpha value is -3.09. The number of hydrogen-bond donors (Lipinski definition) is 1. The fraction of sp³-hybridized carbons (Fsp3) is 0.0909. The van der Waals surface area contributed by atoms with E-state index in [1.54, 1.807) is 28.7 Å². The van der Waals surface area contributed by atoms with Gasteiger partial charge in [0.05, 0.1) is 5.02 Å². The molecule has 0 saturated carbocycles. The molecular formula is C22H16Cl2FN3O2. The van der Waals surface area contributed by atoms with Crippen LogP contribution >= 0.6 is 23.2 Å². The van der Waals surface area contributed by atoms with Crippen molar-refractivity contribution in [3.8, 4) is 17.0 Å². The maximum atomic E-state index is 13.4. The minimum Gasteiger partial charge on any atom is -0.482 e. The standard InChI is InChI=1S/C22H16Cl2FN3O2/c1-13-8-9-28-19(10-13)26-21(14-2-5-16(25)6-3-14)22(28)27-20(29)12-30-18-7-4-15(23)11-17(18)24/h2-11H,12H2,1H3,(H,27,29). The molecule has 4 aromatic rings. The van der Waals surface area contributed by atoms with Crippen LogP contribution in [0.25, 0.3) is 16.9 Å². The molecule has 30 heavy (non-hydrogen) atoms. The number of halogens is 3. The van der Waals surface area contributed by atoms with Crippen LogP contribution in [0.2, 0.25) is 10.0 Å². The molecule has 5 nitrogen and oxygen atoms in total. The number of ether oxygens (including phenoxy) is 1. The number of anilines is 1. The van der Waals surface area contributed by atoms with Gasteiger partial charge in [-0.3, -0.25) is 9.20 Å². The number of amides is 1. The van der Waals surface area contributed by atoms with Gasteiger partial charge >= 0.3 is 0 Å². The third kappa shape index (κ3) is 4.25. The second-order valence-corrected chi connectivity index (χ2v) is 7.50. The van der Waals surface area contributed by atoms with Gasteiger partial charge in [-0.1, -0.05) is 23.2 Å². The Labute approximate surface area is 182 Å². The van der Waals surface area contributed by atoms with Gasteiger partial charge in [0.25, 0.3) is 5.91 Å². The van der Waals surface area contributed by atoms with Crippen LogP contribution in [0.3, 0.4) is 0 Å². The predicted octanol–water partition coefficient (Wildman–Crippen LogP) is 5.77. The van der Waals surface area contributed by atoms with E-state index in [2.05, 4.69) is 10.3 Å². The molecule has 0 unspecified atom stereocenters. The number of carbonyl (C=O) groups is 1. The van der Waals surface area contributed by atoms with E-state index in [4.69, 9.17) is 27.9 Å². The van der Waals surface area contributed by atoms with Crippen molar-refractivity contribution >= 4 is 40.6 Å². The van der Waals surface area contributed by atoms with Crippen LogP contribution in [-0.4, -0.2) is 21.9 Å². The van der Waals surface area contributed by atoms with E-state index in [1.165, 1.54) is 18.2 Å². The van der Waals surface area contributed by atoms with Crippen molar-refractivity contribution in [1.82, 2.24) is 9.38 Å². The Morgan fingerprint density at radius 1 is 1.13 bits per heavy atom. The van der Waals surface area contributed by atoms with Crippen LogP contribution < -0.4 is 10.1 Å². The number of fused-ring (bicyclic) bond motifs is 1. The van der Waals surface area contributed by atoms with E-state index in [0.717, 1.165) is 5.56 Å². The van der Waals surface area contributed by atoms with Gasteiger partial charge in [0.15, 0.2) is 6.61 Å². The molecule has 0 atom stereocenters. The first kappa shape index (κ1) is 20.2. The van der Waals surface area contributed by atoms with Gasteiger partial charge < -0.3 is 10.1 Å². The van der Waals surface area contributed by atoms with Crippen LogP contribution in [0.5, 0.6) is 5.75 Å². The molecule has 2 aromatic carbocycles. The van der Waals surface area contributed by atoms with Crippen molar-refractivity contribution in [1.29, 1.82) is 0 Å². The summed E-state index contributed by atoms with van der Waals surface area (Å²) in [6.45, 7) is 1.69. The minimum absolute atomic E-state index is 0.261. The summed E-state index contributed by atoms with van der Waals surface area (Å²) in [5, 5.41) is 3.63. The number of benzene rings is 2. The van der Waals surface area contributed by atoms with Gasteiger partial charge in [0.1, 0.15) is 28.7 Å². The Balaban J connectivity index is 1.62. The molecule has 0 aliphatic heterocycles. The van der Waals surface area contributed by atoms with Crippen LogP contribution in [0, 0.1) is 12.7 Å².